The van der Waals surface area contributed by atoms with E-state index in [4.69, 9.17) is 32.7 Å². The van der Waals surface area contributed by atoms with Gasteiger partial charge in [-0.1, -0.05) is 47.5 Å². The predicted octanol–water partition coefficient (Wildman–Crippen LogP) is 6.34. The number of para-hydroxylation sites is 1. The number of nitro benzene ring substituents is 1. The molecule has 0 saturated heterocycles. The van der Waals surface area contributed by atoms with Crippen molar-refractivity contribution in [3.8, 4) is 17.6 Å². The molecular formula is C25H19Cl2N3O5. The fraction of sp³-hybridized carbons (Fsp3) is 0.120. The van der Waals surface area contributed by atoms with Crippen LogP contribution in [0.15, 0.2) is 60.2 Å². The Labute approximate surface area is 211 Å². The third-order valence-electron chi connectivity index (χ3n) is 4.96. The summed E-state index contributed by atoms with van der Waals surface area (Å²) in [5.74, 6) is -0.0465. The van der Waals surface area contributed by atoms with Crippen LogP contribution in [0.2, 0.25) is 10.0 Å². The van der Waals surface area contributed by atoms with Gasteiger partial charge < -0.3 is 14.8 Å². The van der Waals surface area contributed by atoms with Crippen LogP contribution in [0.4, 0.5) is 11.4 Å². The van der Waals surface area contributed by atoms with Gasteiger partial charge in [-0.25, -0.2) is 0 Å². The first kappa shape index (κ1) is 25.6. The summed E-state index contributed by atoms with van der Waals surface area (Å²) in [7, 11) is 1.47. The first-order chi connectivity index (χ1) is 16.7. The lowest BCUT2D eigenvalue weighted by Gasteiger charge is -2.14. The summed E-state index contributed by atoms with van der Waals surface area (Å²) in [4.78, 5) is 23.3. The van der Waals surface area contributed by atoms with E-state index in [1.165, 1.54) is 31.4 Å². The molecule has 3 aromatic carbocycles. The number of aryl methyl sites for hydroxylation is 1. The summed E-state index contributed by atoms with van der Waals surface area (Å²) >= 11 is 12.2. The molecule has 0 saturated carbocycles. The molecule has 0 heterocycles. The second kappa shape index (κ2) is 11.4. The lowest BCUT2D eigenvalue weighted by Crippen LogP contribution is -2.14. The Hall–Kier alpha value is -4.06. The van der Waals surface area contributed by atoms with Crippen molar-refractivity contribution in [3.63, 3.8) is 0 Å². The van der Waals surface area contributed by atoms with Gasteiger partial charge in [-0.05, 0) is 36.8 Å². The number of hydrogen-bond donors (Lipinski definition) is 1. The number of carbonyl (C=O) groups excluding carboxylic acids is 1. The van der Waals surface area contributed by atoms with E-state index >= 15 is 0 Å². The van der Waals surface area contributed by atoms with Crippen LogP contribution in [0.5, 0.6) is 11.5 Å². The highest BCUT2D eigenvalue weighted by Gasteiger charge is 2.17. The monoisotopic (exact) mass is 511 g/mol. The van der Waals surface area contributed by atoms with Crippen molar-refractivity contribution in [2.24, 2.45) is 0 Å². The molecule has 0 atom stereocenters. The molecule has 0 fully saturated rings. The van der Waals surface area contributed by atoms with Crippen LogP contribution in [0.3, 0.4) is 0 Å². The summed E-state index contributed by atoms with van der Waals surface area (Å²) in [6.07, 6.45) is 1.35. The number of methoxy groups -OCH3 is 1. The van der Waals surface area contributed by atoms with Crippen LogP contribution in [0, 0.1) is 28.4 Å². The lowest BCUT2D eigenvalue weighted by molar-refractivity contribution is -0.384. The molecule has 0 aliphatic rings. The molecule has 178 valence electrons. The number of nitriles is 1. The van der Waals surface area contributed by atoms with Gasteiger partial charge in [0.25, 0.3) is 11.6 Å². The van der Waals surface area contributed by atoms with E-state index < -0.39 is 10.8 Å². The van der Waals surface area contributed by atoms with Crippen molar-refractivity contribution in [1.82, 2.24) is 0 Å². The largest absolute Gasteiger partial charge is 0.493 e. The second-order valence-corrected chi connectivity index (χ2v) is 8.13. The highest BCUT2D eigenvalue weighted by molar-refractivity contribution is 6.35. The van der Waals surface area contributed by atoms with Gasteiger partial charge >= 0.3 is 0 Å². The number of ether oxygens (including phenoxy) is 2. The maximum absolute atomic E-state index is 12.8. The molecule has 8 nitrogen and oxygen atoms in total. The van der Waals surface area contributed by atoms with Crippen molar-refractivity contribution >= 4 is 46.6 Å². The van der Waals surface area contributed by atoms with E-state index in [9.17, 15) is 20.2 Å². The Bertz CT molecular complexity index is 1370. The number of anilines is 1. The van der Waals surface area contributed by atoms with Gasteiger partial charge in [0.1, 0.15) is 18.2 Å². The third kappa shape index (κ3) is 6.29. The molecule has 0 radical (unpaired) electrons. The fourth-order valence-electron chi connectivity index (χ4n) is 3.10. The first-order valence-electron chi connectivity index (χ1n) is 10.2. The van der Waals surface area contributed by atoms with Crippen LogP contribution in [-0.4, -0.2) is 17.9 Å². The Balaban J connectivity index is 1.91. The number of nitrogens with zero attached hydrogens (tertiary/aromatic N) is 2. The summed E-state index contributed by atoms with van der Waals surface area (Å²) in [5, 5.41) is 24.2. The number of amides is 1. The maximum atomic E-state index is 12.8. The van der Waals surface area contributed by atoms with Gasteiger partial charge in [0.15, 0.2) is 11.5 Å². The summed E-state index contributed by atoms with van der Waals surface area (Å²) in [5.41, 5.74) is 1.50. The third-order valence-corrected chi connectivity index (χ3v) is 5.55. The van der Waals surface area contributed by atoms with Crippen LogP contribution in [0.25, 0.3) is 6.08 Å². The number of hydrogen-bond acceptors (Lipinski definition) is 6. The maximum Gasteiger partial charge on any atom is 0.271 e. The number of nitrogens with one attached hydrogen (secondary N) is 1. The Kier molecular flexibility index (Phi) is 8.31. The molecule has 0 unspecified atom stereocenters. The SMILES string of the molecule is COc1cccc(/C=C(\C#N)C(=O)Nc2cc([N+](=O)[O-])ccc2C)c1OCc1ccc(Cl)cc1Cl. The van der Waals surface area contributed by atoms with E-state index in [2.05, 4.69) is 5.32 Å². The molecule has 0 aliphatic heterocycles. The second-order valence-electron chi connectivity index (χ2n) is 7.28. The minimum absolute atomic E-state index is 0.0815. The number of nitro groups is 1. The van der Waals surface area contributed by atoms with Gasteiger partial charge in [0.2, 0.25) is 0 Å². The molecular weight excluding hydrogens is 493 g/mol. The van der Waals surface area contributed by atoms with E-state index in [0.717, 1.165) is 0 Å². The topological polar surface area (TPSA) is 114 Å². The van der Waals surface area contributed by atoms with Crippen molar-refractivity contribution in [3.05, 3.63) is 97.0 Å². The van der Waals surface area contributed by atoms with Crippen molar-refractivity contribution in [2.45, 2.75) is 13.5 Å². The molecule has 0 aromatic heterocycles. The normalized spacial score (nSPS) is 10.9. The van der Waals surface area contributed by atoms with Gasteiger partial charge in [-0.2, -0.15) is 5.26 Å². The number of benzene rings is 3. The predicted molar refractivity (Wildman–Crippen MR) is 134 cm³/mol. The average molecular weight is 512 g/mol. The lowest BCUT2D eigenvalue weighted by atomic mass is 10.1. The minimum atomic E-state index is -0.731. The van der Waals surface area contributed by atoms with Crippen LogP contribution >= 0.6 is 23.2 Å². The van der Waals surface area contributed by atoms with Crippen LogP contribution < -0.4 is 14.8 Å². The molecule has 3 aromatic rings. The van der Waals surface area contributed by atoms with Crippen molar-refractivity contribution in [1.29, 1.82) is 5.26 Å². The molecule has 0 spiro atoms. The summed E-state index contributed by atoms with van der Waals surface area (Å²) < 4.78 is 11.3. The molecule has 10 heteroatoms. The quantitative estimate of drug-likeness (QED) is 0.163. The standard InChI is InChI=1S/C25H19Cl2N3O5/c1-15-6-9-20(30(32)33)12-22(15)29-25(31)18(13-28)10-16-4-3-5-23(34-2)24(16)35-14-17-7-8-19(26)11-21(17)27/h3-12H,14H2,1-2H3,(H,29,31)/b18-10+. The van der Waals surface area contributed by atoms with E-state index in [1.54, 1.807) is 43.3 Å². The van der Waals surface area contributed by atoms with E-state index in [0.29, 0.717) is 38.2 Å². The van der Waals surface area contributed by atoms with Gasteiger partial charge in [-0.15, -0.1) is 0 Å². The fourth-order valence-corrected chi connectivity index (χ4v) is 3.57. The molecule has 0 bridgehead atoms. The molecule has 0 aliphatic carbocycles. The average Bonchev–Trinajstić information content (AvgIpc) is 2.83. The van der Waals surface area contributed by atoms with Crippen LogP contribution in [-0.2, 0) is 11.4 Å². The number of rotatable bonds is 8. The van der Waals surface area contributed by atoms with Crippen molar-refractivity contribution in [2.75, 3.05) is 12.4 Å². The molecule has 1 amide bonds. The smallest absolute Gasteiger partial charge is 0.271 e. The molecule has 3 rings (SSSR count). The van der Waals surface area contributed by atoms with Crippen LogP contribution in [0.1, 0.15) is 16.7 Å². The zero-order valence-corrected chi connectivity index (χ0v) is 20.2. The van der Waals surface area contributed by atoms with E-state index in [1.807, 2.05) is 6.07 Å². The number of non-ortho nitro benzene ring substituents is 1. The van der Waals surface area contributed by atoms with Crippen molar-refractivity contribution < 1.29 is 19.2 Å². The first-order valence-corrected chi connectivity index (χ1v) is 10.9. The Morgan fingerprint density at radius 3 is 2.63 bits per heavy atom. The Morgan fingerprint density at radius 1 is 1.20 bits per heavy atom. The minimum Gasteiger partial charge on any atom is -0.493 e. The molecule has 1 N–H and O–H groups in total. The zero-order chi connectivity index (χ0) is 25.5. The number of halogens is 2. The summed E-state index contributed by atoms with van der Waals surface area (Å²) in [6.45, 7) is 1.77. The van der Waals surface area contributed by atoms with Gasteiger partial charge in [0, 0.05) is 33.3 Å². The van der Waals surface area contributed by atoms with Gasteiger partial charge in [-0.3, -0.25) is 14.9 Å². The van der Waals surface area contributed by atoms with E-state index in [-0.39, 0.29) is 23.6 Å². The molecule has 35 heavy (non-hydrogen) atoms. The zero-order valence-electron chi connectivity index (χ0n) is 18.7. The number of carbonyl (C=O) groups is 1. The highest BCUT2D eigenvalue weighted by Crippen LogP contribution is 2.34. The van der Waals surface area contributed by atoms with Gasteiger partial charge in [0.05, 0.1) is 17.7 Å². The summed E-state index contributed by atoms with van der Waals surface area (Å²) in [6, 6.07) is 16.0. The Morgan fingerprint density at radius 2 is 1.97 bits per heavy atom. The highest BCUT2D eigenvalue weighted by atomic mass is 35.5.